The molecule has 0 spiro atoms. The number of benzene rings is 1. The molecule has 3 rings (SSSR count). The number of Topliss-reactive ketones (excluding diaryl/α,β-unsaturated/α-hetero) is 1. The minimum absolute atomic E-state index is 0.0888. The monoisotopic (exact) mass is 339 g/mol. The third-order valence-corrected chi connectivity index (χ3v) is 7.44. The molecule has 0 saturated heterocycles. The van der Waals surface area contributed by atoms with E-state index in [2.05, 4.69) is 4.72 Å². The van der Waals surface area contributed by atoms with Crippen molar-refractivity contribution in [2.24, 2.45) is 16.7 Å². The van der Waals surface area contributed by atoms with Gasteiger partial charge in [-0.1, -0.05) is 26.0 Å². The first-order valence-corrected chi connectivity index (χ1v) is 9.57. The maximum absolute atomic E-state index is 12.9. The van der Waals surface area contributed by atoms with Gasteiger partial charge in [-0.2, -0.15) is 0 Å². The molecule has 0 aliphatic heterocycles. The standard InChI is InChI=1S/C17H22FNO3S/c1-16(2)13-7-8-17(16,15(20)9-13)11-23(21,22)19-10-12-3-5-14(18)6-4-12/h3-6,13,19H,7-11H2,1-2H3/t13-,17+/m1/s1. The summed E-state index contributed by atoms with van der Waals surface area (Å²) in [6, 6.07) is 5.69. The summed E-state index contributed by atoms with van der Waals surface area (Å²) in [6.07, 6.45) is 2.08. The molecule has 1 aromatic rings. The second-order valence-electron chi connectivity index (χ2n) is 7.37. The fraction of sp³-hybridized carbons (Fsp3) is 0.588. The SMILES string of the molecule is CC1(C)[C@@H]2CC[C@]1(CS(=O)(=O)NCc1ccc(F)cc1)C(=O)C2. The molecular formula is C17H22FNO3S. The van der Waals surface area contributed by atoms with E-state index in [1.807, 2.05) is 13.8 Å². The van der Waals surface area contributed by atoms with Crippen LogP contribution in [0.1, 0.15) is 38.7 Å². The number of halogens is 1. The van der Waals surface area contributed by atoms with E-state index >= 15 is 0 Å². The molecule has 1 N–H and O–H groups in total. The average Bonchev–Trinajstić information content (AvgIpc) is 2.80. The number of carbonyl (C=O) groups is 1. The number of nitrogens with one attached hydrogen (secondary N) is 1. The van der Waals surface area contributed by atoms with Crippen LogP contribution in [-0.2, 0) is 21.4 Å². The minimum Gasteiger partial charge on any atom is -0.299 e. The Morgan fingerprint density at radius 2 is 1.91 bits per heavy atom. The molecule has 2 bridgehead atoms. The number of hydrogen-bond acceptors (Lipinski definition) is 3. The van der Waals surface area contributed by atoms with Gasteiger partial charge in [-0.05, 0) is 41.9 Å². The molecule has 0 unspecified atom stereocenters. The predicted molar refractivity (Wildman–Crippen MR) is 85.6 cm³/mol. The fourth-order valence-electron chi connectivity index (χ4n) is 4.28. The Morgan fingerprint density at radius 3 is 2.43 bits per heavy atom. The molecule has 2 aliphatic carbocycles. The van der Waals surface area contributed by atoms with E-state index in [1.54, 1.807) is 12.1 Å². The van der Waals surface area contributed by atoms with Gasteiger partial charge in [0.15, 0.2) is 0 Å². The molecule has 2 fully saturated rings. The van der Waals surface area contributed by atoms with Crippen molar-refractivity contribution in [3.05, 3.63) is 35.6 Å². The molecule has 1 aromatic carbocycles. The summed E-state index contributed by atoms with van der Waals surface area (Å²) in [5.41, 5.74) is -0.338. The van der Waals surface area contributed by atoms with Crippen molar-refractivity contribution in [2.75, 3.05) is 5.75 Å². The van der Waals surface area contributed by atoms with Crippen molar-refractivity contribution in [3.8, 4) is 0 Å². The van der Waals surface area contributed by atoms with Crippen LogP contribution in [0.2, 0.25) is 0 Å². The van der Waals surface area contributed by atoms with Gasteiger partial charge in [-0.25, -0.2) is 17.5 Å². The second-order valence-corrected chi connectivity index (χ2v) is 9.18. The number of ketones is 1. The maximum atomic E-state index is 12.9. The van der Waals surface area contributed by atoms with Gasteiger partial charge in [0, 0.05) is 18.4 Å². The van der Waals surface area contributed by atoms with Gasteiger partial charge >= 0.3 is 0 Å². The van der Waals surface area contributed by atoms with Crippen molar-refractivity contribution in [1.29, 1.82) is 0 Å². The summed E-state index contributed by atoms with van der Waals surface area (Å²) in [7, 11) is -3.59. The second kappa shape index (κ2) is 5.38. The Balaban J connectivity index is 1.73. The molecule has 4 nitrogen and oxygen atoms in total. The average molecular weight is 339 g/mol. The minimum atomic E-state index is -3.59. The normalized spacial score (nSPS) is 29.2. The molecule has 23 heavy (non-hydrogen) atoms. The van der Waals surface area contributed by atoms with E-state index in [-0.39, 0.29) is 29.3 Å². The summed E-state index contributed by atoms with van der Waals surface area (Å²) in [5.74, 6) is -0.122. The Hall–Kier alpha value is -1.27. The summed E-state index contributed by atoms with van der Waals surface area (Å²) in [5, 5.41) is 0. The summed E-state index contributed by atoms with van der Waals surface area (Å²) >= 11 is 0. The number of rotatable bonds is 5. The highest BCUT2D eigenvalue weighted by Crippen LogP contribution is 2.64. The van der Waals surface area contributed by atoms with Crippen LogP contribution < -0.4 is 4.72 Å². The van der Waals surface area contributed by atoms with Crippen molar-refractivity contribution >= 4 is 15.8 Å². The molecule has 6 heteroatoms. The third-order valence-electron chi connectivity index (χ3n) is 5.99. The van der Waals surface area contributed by atoms with Crippen LogP contribution in [0.5, 0.6) is 0 Å². The van der Waals surface area contributed by atoms with E-state index < -0.39 is 15.4 Å². The molecule has 2 atom stereocenters. The number of sulfonamides is 1. The van der Waals surface area contributed by atoms with Crippen LogP contribution in [-0.4, -0.2) is 20.0 Å². The van der Waals surface area contributed by atoms with Crippen molar-refractivity contribution in [1.82, 2.24) is 4.72 Å². The zero-order chi connectivity index (χ0) is 16.9. The lowest BCUT2D eigenvalue weighted by molar-refractivity contribution is -0.128. The Labute approximate surface area is 136 Å². The first kappa shape index (κ1) is 16.6. The Kier molecular flexibility index (Phi) is 3.88. The fourth-order valence-corrected chi connectivity index (χ4v) is 6.09. The molecule has 0 heterocycles. The van der Waals surface area contributed by atoms with Gasteiger partial charge in [0.25, 0.3) is 0 Å². The van der Waals surface area contributed by atoms with Crippen molar-refractivity contribution in [2.45, 2.75) is 39.7 Å². The molecule has 0 amide bonds. The quantitative estimate of drug-likeness (QED) is 0.897. The number of carbonyl (C=O) groups excluding carboxylic acids is 1. The van der Waals surface area contributed by atoms with E-state index in [0.29, 0.717) is 24.3 Å². The van der Waals surface area contributed by atoms with Crippen LogP contribution >= 0.6 is 0 Å². The van der Waals surface area contributed by atoms with E-state index in [9.17, 15) is 17.6 Å². The first-order valence-electron chi connectivity index (χ1n) is 7.91. The van der Waals surface area contributed by atoms with E-state index in [0.717, 1.165) is 6.42 Å². The zero-order valence-electron chi connectivity index (χ0n) is 13.4. The van der Waals surface area contributed by atoms with E-state index in [4.69, 9.17) is 0 Å². The lowest BCUT2D eigenvalue weighted by Crippen LogP contribution is -2.45. The van der Waals surface area contributed by atoms with Crippen LogP contribution in [0.15, 0.2) is 24.3 Å². The Bertz CT molecular complexity index is 727. The lowest BCUT2D eigenvalue weighted by Gasteiger charge is -2.36. The molecule has 126 valence electrons. The van der Waals surface area contributed by atoms with Gasteiger partial charge in [0.05, 0.1) is 5.75 Å². The van der Waals surface area contributed by atoms with Gasteiger partial charge in [-0.3, -0.25) is 4.79 Å². The topological polar surface area (TPSA) is 63.2 Å². The largest absolute Gasteiger partial charge is 0.299 e. The van der Waals surface area contributed by atoms with Crippen LogP contribution in [0.4, 0.5) is 4.39 Å². The van der Waals surface area contributed by atoms with Crippen molar-refractivity contribution in [3.63, 3.8) is 0 Å². The smallest absolute Gasteiger partial charge is 0.212 e. The summed E-state index contributed by atoms with van der Waals surface area (Å²) in [6.45, 7) is 4.15. The number of hydrogen-bond donors (Lipinski definition) is 1. The van der Waals surface area contributed by atoms with E-state index in [1.165, 1.54) is 12.1 Å². The summed E-state index contributed by atoms with van der Waals surface area (Å²) in [4.78, 5) is 12.4. The predicted octanol–water partition coefficient (Wildman–Crippen LogP) is 2.64. The highest BCUT2D eigenvalue weighted by atomic mass is 32.2. The lowest BCUT2D eigenvalue weighted by atomic mass is 9.70. The highest BCUT2D eigenvalue weighted by Gasteiger charge is 2.65. The third kappa shape index (κ3) is 2.72. The summed E-state index contributed by atoms with van der Waals surface area (Å²) < 4.78 is 40.5. The molecule has 0 aromatic heterocycles. The highest BCUT2D eigenvalue weighted by molar-refractivity contribution is 7.89. The van der Waals surface area contributed by atoms with Gasteiger partial charge in [-0.15, -0.1) is 0 Å². The van der Waals surface area contributed by atoms with Crippen LogP contribution in [0, 0.1) is 22.6 Å². The van der Waals surface area contributed by atoms with Crippen LogP contribution in [0.3, 0.4) is 0 Å². The van der Waals surface area contributed by atoms with Gasteiger partial charge < -0.3 is 0 Å². The molecular weight excluding hydrogens is 317 g/mol. The first-order chi connectivity index (χ1) is 10.7. The zero-order valence-corrected chi connectivity index (χ0v) is 14.2. The van der Waals surface area contributed by atoms with Crippen molar-refractivity contribution < 1.29 is 17.6 Å². The Morgan fingerprint density at radius 1 is 1.26 bits per heavy atom. The maximum Gasteiger partial charge on any atom is 0.212 e. The van der Waals surface area contributed by atoms with Gasteiger partial charge in [0.1, 0.15) is 11.6 Å². The van der Waals surface area contributed by atoms with Crippen LogP contribution in [0.25, 0.3) is 0 Å². The number of fused-ring (bicyclic) bond motifs is 2. The van der Waals surface area contributed by atoms with Gasteiger partial charge in [0.2, 0.25) is 10.0 Å². The molecule has 2 aliphatic rings. The molecule has 0 radical (unpaired) electrons. The molecule has 2 saturated carbocycles.